The Balaban J connectivity index is 2.27. The highest BCUT2D eigenvalue weighted by Gasteiger charge is 2.32. The minimum atomic E-state index is -4.52. The van der Waals surface area contributed by atoms with E-state index in [1.807, 2.05) is 0 Å². The van der Waals surface area contributed by atoms with Crippen LogP contribution in [0.1, 0.15) is 5.69 Å². The van der Waals surface area contributed by atoms with Gasteiger partial charge in [0.25, 0.3) is 0 Å². The zero-order valence-electron chi connectivity index (χ0n) is 11.5. The van der Waals surface area contributed by atoms with Crippen LogP contribution in [0.25, 0.3) is 0 Å². The summed E-state index contributed by atoms with van der Waals surface area (Å²) < 4.78 is 48.3. The third-order valence-corrected chi connectivity index (χ3v) is 3.45. The first-order valence-corrected chi connectivity index (χ1v) is 6.74. The first-order chi connectivity index (χ1) is 10.3. The molecule has 0 saturated heterocycles. The molecule has 22 heavy (non-hydrogen) atoms. The van der Waals surface area contributed by atoms with Crippen LogP contribution in [0.5, 0.6) is 11.5 Å². The first-order valence-electron chi connectivity index (χ1n) is 5.94. The SMILES string of the molecule is COc1cc(Nc2ccc(C(F)(F)F)nn2)cc(OC)c1Br. The maximum absolute atomic E-state index is 12.4. The number of hydrogen-bond acceptors (Lipinski definition) is 5. The van der Waals surface area contributed by atoms with Crippen LogP contribution in [0.3, 0.4) is 0 Å². The van der Waals surface area contributed by atoms with Crippen molar-refractivity contribution in [2.75, 3.05) is 19.5 Å². The van der Waals surface area contributed by atoms with E-state index in [0.717, 1.165) is 6.07 Å². The molecule has 0 atom stereocenters. The van der Waals surface area contributed by atoms with E-state index in [4.69, 9.17) is 9.47 Å². The highest BCUT2D eigenvalue weighted by atomic mass is 79.9. The third kappa shape index (κ3) is 3.59. The molecule has 0 spiro atoms. The molecular formula is C13H11BrF3N3O2. The van der Waals surface area contributed by atoms with E-state index in [-0.39, 0.29) is 5.82 Å². The molecule has 1 aromatic heterocycles. The van der Waals surface area contributed by atoms with Crippen LogP contribution in [0, 0.1) is 0 Å². The summed E-state index contributed by atoms with van der Waals surface area (Å²) in [6.07, 6.45) is -4.52. The summed E-state index contributed by atoms with van der Waals surface area (Å²) in [6, 6.07) is 5.33. The van der Waals surface area contributed by atoms with E-state index in [2.05, 4.69) is 31.4 Å². The van der Waals surface area contributed by atoms with E-state index in [1.165, 1.54) is 20.3 Å². The summed E-state index contributed by atoms with van der Waals surface area (Å²) in [5.74, 6) is 1.17. The quantitative estimate of drug-likeness (QED) is 0.871. The molecule has 0 amide bonds. The predicted molar refractivity (Wildman–Crippen MR) is 77.6 cm³/mol. The van der Waals surface area contributed by atoms with Gasteiger partial charge in [-0.25, -0.2) is 0 Å². The minimum absolute atomic E-state index is 0.166. The molecule has 0 unspecified atom stereocenters. The topological polar surface area (TPSA) is 56.3 Å². The van der Waals surface area contributed by atoms with Gasteiger partial charge in [-0.3, -0.25) is 0 Å². The number of methoxy groups -OCH3 is 2. The second kappa shape index (κ2) is 6.39. The molecule has 2 rings (SSSR count). The van der Waals surface area contributed by atoms with Gasteiger partial charge in [0, 0.05) is 17.8 Å². The first kappa shape index (κ1) is 16.3. The molecule has 0 bridgehead atoms. The Bertz CT molecular complexity index is 638. The van der Waals surface area contributed by atoms with Crippen LogP contribution in [0.15, 0.2) is 28.7 Å². The third-order valence-electron chi connectivity index (χ3n) is 2.67. The number of benzene rings is 1. The maximum Gasteiger partial charge on any atom is 0.435 e. The molecule has 0 aliphatic heterocycles. The Morgan fingerprint density at radius 1 is 1.05 bits per heavy atom. The lowest BCUT2D eigenvalue weighted by molar-refractivity contribution is -0.141. The van der Waals surface area contributed by atoms with Gasteiger partial charge in [0.2, 0.25) is 0 Å². The second-order valence-electron chi connectivity index (χ2n) is 4.12. The van der Waals surface area contributed by atoms with Gasteiger partial charge < -0.3 is 14.8 Å². The van der Waals surface area contributed by atoms with Gasteiger partial charge in [-0.05, 0) is 28.1 Å². The van der Waals surface area contributed by atoms with Gasteiger partial charge in [-0.2, -0.15) is 13.2 Å². The fourth-order valence-electron chi connectivity index (χ4n) is 1.64. The molecule has 9 heteroatoms. The molecule has 1 N–H and O–H groups in total. The molecule has 1 aromatic carbocycles. The number of halogens is 4. The number of alkyl halides is 3. The molecule has 2 aromatic rings. The molecule has 0 aliphatic carbocycles. The van der Waals surface area contributed by atoms with E-state index in [9.17, 15) is 13.2 Å². The predicted octanol–water partition coefficient (Wildman–Crippen LogP) is 4.02. The molecule has 0 aliphatic rings. The van der Waals surface area contributed by atoms with Crippen LogP contribution in [0.4, 0.5) is 24.7 Å². The van der Waals surface area contributed by atoms with E-state index >= 15 is 0 Å². The van der Waals surface area contributed by atoms with Gasteiger partial charge in [0.05, 0.1) is 14.2 Å². The van der Waals surface area contributed by atoms with Gasteiger partial charge in [-0.15, -0.1) is 10.2 Å². The number of anilines is 2. The van der Waals surface area contributed by atoms with Crippen LogP contribution < -0.4 is 14.8 Å². The Labute approximate surface area is 132 Å². The van der Waals surface area contributed by atoms with Crippen LogP contribution in [-0.4, -0.2) is 24.4 Å². The summed E-state index contributed by atoms with van der Waals surface area (Å²) in [4.78, 5) is 0. The lowest BCUT2D eigenvalue weighted by atomic mass is 10.2. The molecule has 0 fully saturated rings. The van der Waals surface area contributed by atoms with Crippen LogP contribution in [0.2, 0.25) is 0 Å². The van der Waals surface area contributed by atoms with Gasteiger partial charge in [0.15, 0.2) is 11.5 Å². The minimum Gasteiger partial charge on any atom is -0.495 e. The zero-order valence-corrected chi connectivity index (χ0v) is 13.1. The highest BCUT2D eigenvalue weighted by Crippen LogP contribution is 2.38. The van der Waals surface area contributed by atoms with Crippen molar-refractivity contribution >= 4 is 27.4 Å². The van der Waals surface area contributed by atoms with Gasteiger partial charge in [-0.1, -0.05) is 0 Å². The normalized spacial score (nSPS) is 11.2. The number of hydrogen-bond donors (Lipinski definition) is 1. The summed E-state index contributed by atoms with van der Waals surface area (Å²) in [5, 5.41) is 9.48. The second-order valence-corrected chi connectivity index (χ2v) is 4.91. The summed E-state index contributed by atoms with van der Waals surface area (Å²) in [7, 11) is 2.97. The Morgan fingerprint density at radius 2 is 1.64 bits per heavy atom. The Kier molecular flexibility index (Phi) is 4.74. The summed E-state index contributed by atoms with van der Waals surface area (Å²) >= 11 is 3.32. The van der Waals surface area contributed by atoms with E-state index < -0.39 is 11.9 Å². The highest BCUT2D eigenvalue weighted by molar-refractivity contribution is 9.10. The molecule has 0 radical (unpaired) electrons. The Hall–Kier alpha value is -2.03. The fraction of sp³-hybridized carbons (Fsp3) is 0.231. The Morgan fingerprint density at radius 3 is 2.05 bits per heavy atom. The van der Waals surface area contributed by atoms with Crippen molar-refractivity contribution in [3.8, 4) is 11.5 Å². The van der Waals surface area contributed by atoms with Crippen LogP contribution >= 0.6 is 15.9 Å². The zero-order chi connectivity index (χ0) is 16.3. The van der Waals surface area contributed by atoms with Crippen molar-refractivity contribution in [2.45, 2.75) is 6.18 Å². The number of ether oxygens (including phenoxy) is 2. The number of rotatable bonds is 4. The van der Waals surface area contributed by atoms with Gasteiger partial charge in [0.1, 0.15) is 16.0 Å². The van der Waals surface area contributed by atoms with Crippen molar-refractivity contribution in [3.63, 3.8) is 0 Å². The lowest BCUT2D eigenvalue weighted by Gasteiger charge is -2.12. The van der Waals surface area contributed by atoms with Crippen molar-refractivity contribution in [1.82, 2.24) is 10.2 Å². The molecule has 1 heterocycles. The summed E-state index contributed by atoms with van der Waals surface area (Å²) in [6.45, 7) is 0. The van der Waals surface area contributed by atoms with Gasteiger partial charge >= 0.3 is 6.18 Å². The fourth-order valence-corrected chi connectivity index (χ4v) is 2.19. The molecular weight excluding hydrogens is 367 g/mol. The van der Waals surface area contributed by atoms with Crippen LogP contribution in [-0.2, 0) is 6.18 Å². The van der Waals surface area contributed by atoms with Crippen molar-refractivity contribution in [2.24, 2.45) is 0 Å². The van der Waals surface area contributed by atoms with Crippen molar-refractivity contribution in [1.29, 1.82) is 0 Å². The average molecular weight is 378 g/mol. The summed E-state index contributed by atoms with van der Waals surface area (Å²) in [5.41, 5.74) is -0.519. The largest absolute Gasteiger partial charge is 0.495 e. The lowest BCUT2D eigenvalue weighted by Crippen LogP contribution is -2.09. The molecule has 0 saturated carbocycles. The van der Waals surface area contributed by atoms with E-state index in [0.29, 0.717) is 21.7 Å². The van der Waals surface area contributed by atoms with E-state index in [1.54, 1.807) is 12.1 Å². The molecule has 5 nitrogen and oxygen atoms in total. The molecule has 118 valence electrons. The monoisotopic (exact) mass is 377 g/mol. The smallest absolute Gasteiger partial charge is 0.435 e. The average Bonchev–Trinajstić information content (AvgIpc) is 2.48. The maximum atomic E-state index is 12.4. The van der Waals surface area contributed by atoms with Crippen molar-refractivity contribution < 1.29 is 22.6 Å². The number of nitrogens with one attached hydrogen (secondary N) is 1. The number of nitrogens with zero attached hydrogens (tertiary/aromatic N) is 2. The standard InChI is InChI=1S/C13H11BrF3N3O2/c1-21-8-5-7(6-9(22-2)12(8)14)18-11-4-3-10(19-20-11)13(15,16)17/h3-6H,1-2H3,(H,18,20). The van der Waals surface area contributed by atoms with Crippen molar-refractivity contribution in [3.05, 3.63) is 34.4 Å². The number of aromatic nitrogens is 2.